The van der Waals surface area contributed by atoms with Gasteiger partial charge in [-0.15, -0.1) is 0 Å². The van der Waals surface area contributed by atoms with E-state index in [1.165, 1.54) is 11.7 Å². The molecule has 0 aromatic carbocycles. The molecular weight excluding hydrogens is 415 g/mol. The number of aryl methyl sites for hydroxylation is 1. The molecule has 2 aromatic heterocycles. The average Bonchev–Trinajstić information content (AvgIpc) is 3.19. The molecule has 1 N–H and O–H groups in total. The lowest BCUT2D eigenvalue weighted by atomic mass is 10.1. The third-order valence-electron chi connectivity index (χ3n) is 3.95. The molecule has 0 spiro atoms. The zero-order valence-corrected chi connectivity index (χ0v) is 16.1. The normalized spacial score (nSPS) is 16.8. The second kappa shape index (κ2) is 8.24. The molecule has 1 aliphatic rings. The van der Waals surface area contributed by atoms with Gasteiger partial charge in [-0.25, -0.2) is 9.67 Å². The van der Waals surface area contributed by atoms with Gasteiger partial charge in [-0.1, -0.05) is 5.10 Å². The van der Waals surface area contributed by atoms with Crippen LogP contribution in [-0.2, 0) is 29.3 Å². The number of ether oxygens (including phenoxy) is 2. The van der Waals surface area contributed by atoms with Gasteiger partial charge in [-0.3, -0.25) is 10.1 Å². The predicted molar refractivity (Wildman–Crippen MR) is 95.7 cm³/mol. The van der Waals surface area contributed by atoms with E-state index in [9.17, 15) is 18.0 Å². The number of alkyl halides is 3. The number of halogens is 3. The summed E-state index contributed by atoms with van der Waals surface area (Å²) in [6.45, 7) is 0.220. The molecule has 0 saturated carbocycles. The van der Waals surface area contributed by atoms with Crippen molar-refractivity contribution in [3.63, 3.8) is 0 Å². The monoisotopic (exact) mass is 431 g/mol. The SMILES string of the molecule is CN1CC(COCc2nc(C(F)(F)F)ccc2C(=O)Nc2nnnn2C)OC1=S. The van der Waals surface area contributed by atoms with E-state index in [0.717, 1.165) is 12.1 Å². The lowest BCUT2D eigenvalue weighted by Crippen LogP contribution is -2.23. The van der Waals surface area contributed by atoms with Gasteiger partial charge in [0.25, 0.3) is 11.1 Å². The number of likely N-dealkylation sites (N-methyl/N-ethyl adjacent to an activating group) is 1. The van der Waals surface area contributed by atoms with Gasteiger partial charge in [0.1, 0.15) is 11.8 Å². The topological polar surface area (TPSA) is 107 Å². The van der Waals surface area contributed by atoms with Gasteiger partial charge in [0.15, 0.2) is 0 Å². The Hall–Kier alpha value is -2.87. The molecule has 0 aliphatic carbocycles. The molecule has 1 fully saturated rings. The van der Waals surface area contributed by atoms with E-state index in [2.05, 4.69) is 25.8 Å². The van der Waals surface area contributed by atoms with E-state index in [0.29, 0.717) is 11.7 Å². The molecule has 1 unspecified atom stereocenters. The van der Waals surface area contributed by atoms with Crippen molar-refractivity contribution in [3.8, 4) is 0 Å². The van der Waals surface area contributed by atoms with Crippen LogP contribution in [0.4, 0.5) is 19.1 Å². The number of hydrogen-bond donors (Lipinski definition) is 1. The first-order valence-electron chi connectivity index (χ1n) is 8.25. The van der Waals surface area contributed by atoms with Crippen LogP contribution in [0.25, 0.3) is 0 Å². The van der Waals surface area contributed by atoms with Crippen LogP contribution < -0.4 is 5.32 Å². The zero-order valence-electron chi connectivity index (χ0n) is 15.3. The van der Waals surface area contributed by atoms with E-state index >= 15 is 0 Å². The maximum absolute atomic E-state index is 13.0. The minimum Gasteiger partial charge on any atom is -0.463 e. The Balaban J connectivity index is 1.75. The first kappa shape index (κ1) is 20.9. The summed E-state index contributed by atoms with van der Waals surface area (Å²) in [7, 11) is 3.24. The molecule has 29 heavy (non-hydrogen) atoms. The number of nitrogens with one attached hydrogen (secondary N) is 1. The van der Waals surface area contributed by atoms with Gasteiger partial charge in [0.05, 0.1) is 31.0 Å². The second-order valence-corrected chi connectivity index (χ2v) is 6.52. The average molecular weight is 431 g/mol. The Labute approximate surface area is 168 Å². The van der Waals surface area contributed by atoms with Crippen LogP contribution in [0.15, 0.2) is 12.1 Å². The van der Waals surface area contributed by atoms with Crippen LogP contribution >= 0.6 is 12.2 Å². The molecule has 1 amide bonds. The lowest BCUT2D eigenvalue weighted by Gasteiger charge is -2.14. The van der Waals surface area contributed by atoms with Gasteiger partial charge in [-0.2, -0.15) is 13.2 Å². The fourth-order valence-electron chi connectivity index (χ4n) is 2.50. The Bertz CT molecular complexity index is 921. The van der Waals surface area contributed by atoms with Crippen LogP contribution in [0.1, 0.15) is 21.7 Å². The third-order valence-corrected chi connectivity index (χ3v) is 4.36. The molecule has 3 rings (SSSR count). The first-order chi connectivity index (χ1) is 13.6. The summed E-state index contributed by atoms with van der Waals surface area (Å²) in [6, 6.07) is 1.75. The van der Waals surface area contributed by atoms with Crippen molar-refractivity contribution < 1.29 is 27.4 Å². The van der Waals surface area contributed by atoms with E-state index < -0.39 is 17.8 Å². The van der Waals surface area contributed by atoms with Crippen molar-refractivity contribution in [2.24, 2.45) is 7.05 Å². The summed E-state index contributed by atoms with van der Waals surface area (Å²) >= 11 is 4.98. The van der Waals surface area contributed by atoms with Gasteiger partial charge >= 0.3 is 6.18 Å². The Kier molecular flexibility index (Phi) is 5.93. The maximum atomic E-state index is 13.0. The number of thiocarbonyl (C=S) groups is 1. The summed E-state index contributed by atoms with van der Waals surface area (Å²) in [6.07, 6.45) is -5.03. The smallest absolute Gasteiger partial charge is 0.433 e. The minimum atomic E-state index is -4.67. The highest BCUT2D eigenvalue weighted by Gasteiger charge is 2.34. The van der Waals surface area contributed by atoms with Crippen molar-refractivity contribution in [2.45, 2.75) is 18.9 Å². The maximum Gasteiger partial charge on any atom is 0.433 e. The quantitative estimate of drug-likeness (QED) is 0.671. The van der Waals surface area contributed by atoms with E-state index in [-0.39, 0.29) is 36.5 Å². The fraction of sp³-hybridized carbons (Fsp3) is 0.467. The summed E-state index contributed by atoms with van der Waals surface area (Å²) in [5, 5.41) is 13.3. The van der Waals surface area contributed by atoms with E-state index in [4.69, 9.17) is 21.7 Å². The molecule has 3 heterocycles. The summed E-state index contributed by atoms with van der Waals surface area (Å²) < 4.78 is 51.1. The zero-order chi connectivity index (χ0) is 21.2. The number of pyridine rings is 1. The third kappa shape index (κ3) is 4.95. The highest BCUT2D eigenvalue weighted by atomic mass is 32.1. The minimum absolute atomic E-state index is 0.0256. The lowest BCUT2D eigenvalue weighted by molar-refractivity contribution is -0.141. The molecule has 2 aromatic rings. The second-order valence-electron chi connectivity index (χ2n) is 6.17. The number of anilines is 1. The van der Waals surface area contributed by atoms with Crippen molar-refractivity contribution in [1.82, 2.24) is 30.1 Å². The number of carbonyl (C=O) groups excluding carboxylic acids is 1. The highest BCUT2D eigenvalue weighted by molar-refractivity contribution is 7.80. The molecule has 10 nitrogen and oxygen atoms in total. The number of aromatic nitrogens is 5. The molecule has 1 aliphatic heterocycles. The van der Waals surface area contributed by atoms with Gasteiger partial charge < -0.3 is 14.4 Å². The molecule has 0 radical (unpaired) electrons. The van der Waals surface area contributed by atoms with Crippen molar-refractivity contribution in [2.75, 3.05) is 25.5 Å². The number of nitrogens with zero attached hydrogens (tertiary/aromatic N) is 6. The van der Waals surface area contributed by atoms with Crippen LogP contribution in [0.3, 0.4) is 0 Å². The summed E-state index contributed by atoms with van der Waals surface area (Å²) in [5.41, 5.74) is -1.41. The molecule has 0 bridgehead atoms. The van der Waals surface area contributed by atoms with E-state index in [1.807, 2.05) is 0 Å². The van der Waals surface area contributed by atoms with Crippen LogP contribution in [0, 0.1) is 0 Å². The Morgan fingerprint density at radius 1 is 1.41 bits per heavy atom. The number of amides is 1. The van der Waals surface area contributed by atoms with Crippen molar-refractivity contribution >= 4 is 29.2 Å². The van der Waals surface area contributed by atoms with Crippen molar-refractivity contribution in [3.05, 3.63) is 29.1 Å². The highest BCUT2D eigenvalue weighted by Crippen LogP contribution is 2.28. The molecule has 156 valence electrons. The molecule has 1 atom stereocenters. The first-order valence-corrected chi connectivity index (χ1v) is 8.66. The van der Waals surface area contributed by atoms with Crippen LogP contribution in [0.5, 0.6) is 0 Å². The standard InChI is InChI=1S/C15H16F3N7O3S/c1-24-5-8(28-14(24)29)6-27-7-10-9(3-4-11(19-10)15(16,17)18)12(26)20-13-21-22-23-25(13)2/h3-4,8H,5-7H2,1-2H3,(H,20,21,23,26). The van der Waals surface area contributed by atoms with E-state index in [1.54, 1.807) is 11.9 Å². The van der Waals surface area contributed by atoms with Gasteiger partial charge in [0, 0.05) is 14.1 Å². The van der Waals surface area contributed by atoms with Crippen LogP contribution in [-0.4, -0.2) is 67.5 Å². The number of rotatable bonds is 6. The molecule has 14 heteroatoms. The Morgan fingerprint density at radius 3 is 2.76 bits per heavy atom. The fourth-order valence-corrected chi connectivity index (χ4v) is 2.71. The summed E-state index contributed by atoms with van der Waals surface area (Å²) in [5.74, 6) is -0.696. The summed E-state index contributed by atoms with van der Waals surface area (Å²) in [4.78, 5) is 17.8. The number of hydrogen-bond acceptors (Lipinski definition) is 8. The Morgan fingerprint density at radius 2 is 2.17 bits per heavy atom. The van der Waals surface area contributed by atoms with Gasteiger partial charge in [-0.05, 0) is 34.8 Å². The van der Waals surface area contributed by atoms with Crippen LogP contribution in [0.2, 0.25) is 0 Å². The van der Waals surface area contributed by atoms with Crippen molar-refractivity contribution in [1.29, 1.82) is 0 Å². The molecule has 1 saturated heterocycles. The largest absolute Gasteiger partial charge is 0.463 e. The number of carbonyl (C=O) groups is 1. The van der Waals surface area contributed by atoms with Gasteiger partial charge in [0.2, 0.25) is 5.95 Å². The molecular formula is C15H16F3N7O3S. The predicted octanol–water partition coefficient (Wildman–Crippen LogP) is 1.01. The number of tetrazole rings is 1.